The van der Waals surface area contributed by atoms with Gasteiger partial charge in [0, 0.05) is 0 Å². The van der Waals surface area contributed by atoms with Gasteiger partial charge in [-0.05, 0) is 0 Å². The number of rotatable bonds is 5. The van der Waals surface area contributed by atoms with Crippen molar-refractivity contribution in [2.45, 2.75) is 123 Å². The predicted octanol–water partition coefficient (Wildman–Crippen LogP) is 14.3. The zero-order chi connectivity index (χ0) is 36.9. The van der Waals surface area contributed by atoms with Gasteiger partial charge in [-0.1, -0.05) is 0 Å². The predicted molar refractivity (Wildman–Crippen MR) is 227 cm³/mol. The minimum atomic E-state index is -5.15. The molecule has 2 atom stereocenters. The van der Waals surface area contributed by atoms with Crippen LogP contribution in [0.3, 0.4) is 0 Å². The summed E-state index contributed by atoms with van der Waals surface area (Å²) >= 11 is -5.15. The number of hydrogen-bond acceptors (Lipinski definition) is 0. The Balaban J connectivity index is 1.42. The van der Waals surface area contributed by atoms with E-state index in [-0.39, 0.29) is 10.8 Å². The normalized spacial score (nSPS) is 21.4. The summed E-state index contributed by atoms with van der Waals surface area (Å²) < 4.78 is 10.4. The molecule has 2 unspecified atom stereocenters. The number of hydrogen-bond donors (Lipinski definition) is 0. The second-order valence-electron chi connectivity index (χ2n) is 22.5. The van der Waals surface area contributed by atoms with Crippen molar-refractivity contribution in [1.29, 1.82) is 0 Å². The first kappa shape index (κ1) is 36.8. The summed E-state index contributed by atoms with van der Waals surface area (Å²) in [4.78, 5) is 0. The quantitative estimate of drug-likeness (QED) is 0.175. The van der Waals surface area contributed by atoms with E-state index in [0.29, 0.717) is 7.35 Å². The molecule has 0 nitrogen and oxygen atoms in total. The molecule has 0 amide bonds. The third kappa shape index (κ3) is 5.50. The first-order chi connectivity index (χ1) is 23.6. The fourth-order valence-corrected chi connectivity index (χ4v) is 57.5. The summed E-state index contributed by atoms with van der Waals surface area (Å²) in [6.07, 6.45) is 17.3. The van der Waals surface area contributed by atoms with Gasteiger partial charge < -0.3 is 0 Å². The molecule has 1 fully saturated rings. The summed E-state index contributed by atoms with van der Waals surface area (Å²) in [5.74, 6) is 0. The van der Waals surface area contributed by atoms with E-state index < -0.39 is 14.2 Å². The molecule has 0 spiro atoms. The van der Waals surface area contributed by atoms with Crippen LogP contribution in [0.2, 0.25) is 17.7 Å². The van der Waals surface area contributed by atoms with Gasteiger partial charge in [-0.15, -0.1) is 0 Å². The van der Waals surface area contributed by atoms with Crippen LogP contribution < -0.4 is 0 Å². The van der Waals surface area contributed by atoms with Crippen LogP contribution in [0.1, 0.15) is 126 Å². The Morgan fingerprint density at radius 1 is 0.549 bits per heavy atom. The molecule has 4 aromatic rings. The van der Waals surface area contributed by atoms with Crippen molar-refractivity contribution in [2.75, 3.05) is 0 Å². The molecule has 0 N–H and O–H groups in total. The summed E-state index contributed by atoms with van der Waals surface area (Å²) in [7, 11) is 0. The molecular formula is C49H64HfSi. The standard InChI is InChI=1S/2C20H21.C6H11.3CH3.Hf.H2Si/c2*1-14-13-16(20(2,3)4)11-12-17(14)19-10-6-8-15-7-5-9-18(15)19;1-2-4-6-5-3-1;;;;;/h2*5-13H,1-4H3;1H,2-6H2;3*1H3;;1H2. The van der Waals surface area contributed by atoms with Crippen LogP contribution >= 0.6 is 0 Å². The molecule has 3 aliphatic carbocycles. The van der Waals surface area contributed by atoms with Crippen molar-refractivity contribution in [1.82, 2.24) is 0 Å². The molecule has 4 aromatic carbocycles. The Labute approximate surface area is 306 Å². The van der Waals surface area contributed by atoms with Crippen molar-refractivity contribution < 1.29 is 14.2 Å². The zero-order valence-corrected chi connectivity index (χ0v) is 38.7. The van der Waals surface area contributed by atoms with E-state index in [1.54, 1.807) is 11.1 Å². The summed E-state index contributed by atoms with van der Waals surface area (Å²) in [6.45, 7) is 21.1. The molecule has 0 heterocycles. The third-order valence-corrected chi connectivity index (χ3v) is 68.8. The van der Waals surface area contributed by atoms with E-state index in [4.69, 9.17) is 0 Å². The van der Waals surface area contributed by atoms with Crippen LogP contribution in [-0.2, 0) is 25.0 Å². The molecule has 268 valence electrons. The average Bonchev–Trinajstić information content (AvgIpc) is 3.72. The van der Waals surface area contributed by atoms with Gasteiger partial charge in [-0.25, -0.2) is 0 Å². The average molecular weight is 860 g/mol. The van der Waals surface area contributed by atoms with Crippen LogP contribution in [0.25, 0.3) is 34.4 Å². The fraction of sp³-hybridized carbons (Fsp3) is 0.429. The summed E-state index contributed by atoms with van der Waals surface area (Å²) in [5, 5.41) is 0. The Hall–Kier alpha value is -2.55. The number of allylic oxidation sites excluding steroid dienone is 2. The molecule has 1 saturated carbocycles. The molecule has 0 bridgehead atoms. The second-order valence-corrected chi connectivity index (χ2v) is 102. The van der Waals surface area contributed by atoms with Gasteiger partial charge in [0.25, 0.3) is 0 Å². The van der Waals surface area contributed by atoms with Crippen LogP contribution in [0.4, 0.5) is 0 Å². The number of benzene rings is 4. The molecule has 0 radical (unpaired) electrons. The van der Waals surface area contributed by atoms with Gasteiger partial charge in [0.1, 0.15) is 0 Å². The van der Waals surface area contributed by atoms with Crippen LogP contribution in [0, 0.1) is 13.8 Å². The van der Waals surface area contributed by atoms with E-state index in [2.05, 4.69) is 173 Å². The Kier molecular flexibility index (Phi) is 7.94. The molecule has 0 aromatic heterocycles. The molecule has 0 aliphatic heterocycles. The van der Waals surface area contributed by atoms with Gasteiger partial charge in [0.15, 0.2) is 0 Å². The molecule has 2 heteroatoms. The first-order valence-electron chi connectivity index (χ1n) is 20.0. The van der Waals surface area contributed by atoms with E-state index in [1.807, 2.05) is 0 Å². The third-order valence-electron chi connectivity index (χ3n) is 15.2. The number of fused-ring (bicyclic) bond motifs is 2. The monoisotopic (exact) mass is 860 g/mol. The number of aryl methyl sites for hydroxylation is 2. The first-order valence-corrected chi connectivity index (χ1v) is 45.3. The van der Waals surface area contributed by atoms with Crippen molar-refractivity contribution in [3.63, 3.8) is 0 Å². The Morgan fingerprint density at radius 3 is 1.33 bits per heavy atom. The molecule has 7 rings (SSSR count). The second kappa shape index (κ2) is 11.0. The fourth-order valence-electron chi connectivity index (χ4n) is 11.7. The molecular weight excluding hydrogens is 795 g/mol. The maximum atomic E-state index is 2.93. The Bertz CT molecular complexity index is 2130. The van der Waals surface area contributed by atoms with Crippen molar-refractivity contribution in [2.24, 2.45) is 0 Å². The van der Waals surface area contributed by atoms with E-state index in [9.17, 15) is 0 Å². The van der Waals surface area contributed by atoms with Crippen molar-refractivity contribution in [3.05, 3.63) is 129 Å². The van der Waals surface area contributed by atoms with Gasteiger partial charge in [0.2, 0.25) is 0 Å². The maximum absolute atomic E-state index is 5.15. The van der Waals surface area contributed by atoms with Crippen LogP contribution in [0.15, 0.2) is 84.9 Å². The van der Waals surface area contributed by atoms with E-state index in [1.165, 1.54) is 87.7 Å². The van der Waals surface area contributed by atoms with Gasteiger partial charge in [-0.2, -0.15) is 0 Å². The van der Waals surface area contributed by atoms with E-state index >= 15 is 0 Å². The van der Waals surface area contributed by atoms with Gasteiger partial charge in [-0.3, -0.25) is 0 Å². The topological polar surface area (TPSA) is 0 Å². The zero-order valence-electron chi connectivity index (χ0n) is 33.7. The summed E-state index contributed by atoms with van der Waals surface area (Å²) in [6, 6.07) is 28.9. The summed E-state index contributed by atoms with van der Waals surface area (Å²) in [5.41, 5.74) is 17.5. The van der Waals surface area contributed by atoms with Crippen LogP contribution in [-0.4, -0.2) is 6.94 Å². The Morgan fingerprint density at radius 2 is 0.961 bits per heavy atom. The SMILES string of the molecule is Cc1cc(C(C)(C)C)ccc1-c1cccc2c1C=C[CH]2[Hf]([CH3])([CH3])([CH3])(=[SiH2])([CH]1CCCCC1)[CH]1C=Cc2c(-c3ccc(C(C)(C)C)cc3C)cccc21. The minimum absolute atomic E-state index is 0.140. The molecule has 51 heavy (non-hydrogen) atoms. The van der Waals surface area contributed by atoms with E-state index in [0.717, 1.165) is 3.67 Å². The molecule has 3 aliphatic rings. The van der Waals surface area contributed by atoms with Crippen LogP contribution in [0.5, 0.6) is 0 Å². The van der Waals surface area contributed by atoms with Gasteiger partial charge >= 0.3 is 308 Å². The van der Waals surface area contributed by atoms with Crippen molar-refractivity contribution >= 4 is 19.1 Å². The van der Waals surface area contributed by atoms with Gasteiger partial charge in [0.05, 0.1) is 0 Å². The molecule has 0 saturated heterocycles. The van der Waals surface area contributed by atoms with Crippen molar-refractivity contribution in [3.8, 4) is 22.3 Å².